The van der Waals surface area contributed by atoms with Gasteiger partial charge in [0.1, 0.15) is 0 Å². The maximum absolute atomic E-state index is 12.9. The first-order chi connectivity index (χ1) is 14.0. The average molecular weight is 401 g/mol. The SMILES string of the molecule is Cc1cc(C)c2nc(NC(=O)c3ccccc3NC(=O)c3ccccc3)sc2c1. The van der Waals surface area contributed by atoms with E-state index in [4.69, 9.17) is 0 Å². The number of amides is 2. The summed E-state index contributed by atoms with van der Waals surface area (Å²) in [7, 11) is 0. The Labute approximate surface area is 172 Å². The molecule has 3 aromatic carbocycles. The van der Waals surface area contributed by atoms with Gasteiger partial charge in [-0.3, -0.25) is 14.9 Å². The van der Waals surface area contributed by atoms with Crippen molar-refractivity contribution in [2.75, 3.05) is 10.6 Å². The predicted octanol–water partition coefficient (Wildman–Crippen LogP) is 5.42. The summed E-state index contributed by atoms with van der Waals surface area (Å²) < 4.78 is 1.03. The molecule has 2 N–H and O–H groups in total. The second-order valence-electron chi connectivity index (χ2n) is 6.77. The van der Waals surface area contributed by atoms with Gasteiger partial charge in [-0.1, -0.05) is 47.7 Å². The molecule has 4 aromatic rings. The molecule has 0 saturated carbocycles. The molecule has 1 aromatic heterocycles. The summed E-state index contributed by atoms with van der Waals surface area (Å²) >= 11 is 1.43. The molecule has 4 rings (SSSR count). The van der Waals surface area contributed by atoms with Crippen molar-refractivity contribution >= 4 is 44.2 Å². The standard InChI is InChI=1S/C23H19N3O2S/c1-14-12-15(2)20-19(13-14)29-23(25-20)26-22(28)17-10-6-7-11-18(17)24-21(27)16-8-4-3-5-9-16/h3-13H,1-2H3,(H,24,27)(H,25,26,28). The van der Waals surface area contributed by atoms with Gasteiger partial charge < -0.3 is 5.32 Å². The van der Waals surface area contributed by atoms with E-state index in [0.717, 1.165) is 21.3 Å². The third-order valence-corrected chi connectivity index (χ3v) is 5.42. The minimum atomic E-state index is -0.317. The van der Waals surface area contributed by atoms with Crippen molar-refractivity contribution in [1.29, 1.82) is 0 Å². The van der Waals surface area contributed by atoms with E-state index in [9.17, 15) is 9.59 Å². The Morgan fingerprint density at radius 2 is 1.59 bits per heavy atom. The van der Waals surface area contributed by atoms with Crippen LogP contribution in [0, 0.1) is 13.8 Å². The minimum absolute atomic E-state index is 0.267. The number of thiazole rings is 1. The molecule has 0 spiro atoms. The molecule has 1 heterocycles. The third kappa shape index (κ3) is 4.02. The van der Waals surface area contributed by atoms with Crippen LogP contribution in [0.25, 0.3) is 10.2 Å². The number of nitrogens with one attached hydrogen (secondary N) is 2. The summed E-state index contributed by atoms with van der Waals surface area (Å²) in [5.74, 6) is -0.584. The first kappa shape index (κ1) is 18.8. The van der Waals surface area contributed by atoms with Crippen molar-refractivity contribution in [1.82, 2.24) is 4.98 Å². The first-order valence-corrected chi connectivity index (χ1v) is 9.97. The number of aryl methyl sites for hydroxylation is 2. The molecular formula is C23H19N3O2S. The Bertz CT molecular complexity index is 1220. The number of benzene rings is 3. The Morgan fingerprint density at radius 3 is 2.38 bits per heavy atom. The number of aromatic nitrogens is 1. The molecule has 2 amide bonds. The number of fused-ring (bicyclic) bond motifs is 1. The molecule has 0 atom stereocenters. The topological polar surface area (TPSA) is 71.1 Å². The summed E-state index contributed by atoms with van der Waals surface area (Å²) in [5.41, 5.74) is 4.48. The fraction of sp³-hybridized carbons (Fsp3) is 0.0870. The van der Waals surface area contributed by atoms with Crippen molar-refractivity contribution in [3.05, 3.63) is 89.0 Å². The number of hydrogen-bond donors (Lipinski definition) is 2. The summed E-state index contributed by atoms with van der Waals surface area (Å²) in [5, 5.41) is 6.22. The third-order valence-electron chi connectivity index (χ3n) is 4.51. The van der Waals surface area contributed by atoms with Crippen LogP contribution in [-0.4, -0.2) is 16.8 Å². The van der Waals surface area contributed by atoms with Gasteiger partial charge in [0.15, 0.2) is 5.13 Å². The molecule has 5 nitrogen and oxygen atoms in total. The van der Waals surface area contributed by atoms with E-state index in [1.165, 1.54) is 11.3 Å². The van der Waals surface area contributed by atoms with Crippen LogP contribution in [0.5, 0.6) is 0 Å². The lowest BCUT2D eigenvalue weighted by Gasteiger charge is -2.10. The van der Waals surface area contributed by atoms with Crippen LogP contribution in [0.4, 0.5) is 10.8 Å². The molecule has 0 bridgehead atoms. The van der Waals surface area contributed by atoms with Gasteiger partial charge in [0.25, 0.3) is 11.8 Å². The number of hydrogen-bond acceptors (Lipinski definition) is 4. The monoisotopic (exact) mass is 401 g/mol. The lowest BCUT2D eigenvalue weighted by atomic mass is 10.1. The summed E-state index contributed by atoms with van der Waals surface area (Å²) in [6, 6.07) is 20.0. The van der Waals surface area contributed by atoms with Crippen LogP contribution in [0.2, 0.25) is 0 Å². The van der Waals surface area contributed by atoms with Gasteiger partial charge in [0.2, 0.25) is 0 Å². The van der Waals surface area contributed by atoms with Gasteiger partial charge in [0.05, 0.1) is 21.5 Å². The van der Waals surface area contributed by atoms with Crippen LogP contribution >= 0.6 is 11.3 Å². The molecule has 0 aliphatic heterocycles. The normalized spacial score (nSPS) is 10.7. The van der Waals surface area contributed by atoms with Gasteiger partial charge in [-0.15, -0.1) is 0 Å². The number of anilines is 2. The quantitative estimate of drug-likeness (QED) is 0.480. The second kappa shape index (κ2) is 7.85. The molecular weight excluding hydrogens is 382 g/mol. The predicted molar refractivity (Wildman–Crippen MR) is 118 cm³/mol. The number of nitrogens with zero attached hydrogens (tertiary/aromatic N) is 1. The van der Waals surface area contributed by atoms with E-state index < -0.39 is 0 Å². The zero-order chi connectivity index (χ0) is 20.4. The lowest BCUT2D eigenvalue weighted by Crippen LogP contribution is -2.18. The minimum Gasteiger partial charge on any atom is -0.321 e. The van der Waals surface area contributed by atoms with E-state index in [-0.39, 0.29) is 11.8 Å². The van der Waals surface area contributed by atoms with E-state index in [1.807, 2.05) is 19.9 Å². The number of carbonyl (C=O) groups excluding carboxylic acids is 2. The maximum atomic E-state index is 12.9. The van der Waals surface area contributed by atoms with Crippen molar-refractivity contribution in [2.45, 2.75) is 13.8 Å². The molecule has 144 valence electrons. The Morgan fingerprint density at radius 1 is 0.862 bits per heavy atom. The summed E-state index contributed by atoms with van der Waals surface area (Å²) in [6.45, 7) is 4.05. The van der Waals surface area contributed by atoms with Crippen LogP contribution in [0.1, 0.15) is 31.8 Å². The van der Waals surface area contributed by atoms with Crippen molar-refractivity contribution in [2.24, 2.45) is 0 Å². The molecule has 0 aliphatic carbocycles. The molecule has 29 heavy (non-hydrogen) atoms. The average Bonchev–Trinajstić information content (AvgIpc) is 3.11. The van der Waals surface area contributed by atoms with Gasteiger partial charge in [-0.2, -0.15) is 0 Å². The van der Waals surface area contributed by atoms with Crippen LogP contribution in [0.3, 0.4) is 0 Å². The second-order valence-corrected chi connectivity index (χ2v) is 7.80. The number of para-hydroxylation sites is 1. The van der Waals surface area contributed by atoms with E-state index >= 15 is 0 Å². The summed E-state index contributed by atoms with van der Waals surface area (Å²) in [4.78, 5) is 29.9. The molecule has 0 saturated heterocycles. The van der Waals surface area contributed by atoms with Crippen LogP contribution in [-0.2, 0) is 0 Å². The van der Waals surface area contributed by atoms with E-state index in [1.54, 1.807) is 48.5 Å². The van der Waals surface area contributed by atoms with E-state index in [0.29, 0.717) is 21.9 Å². The van der Waals surface area contributed by atoms with Crippen molar-refractivity contribution < 1.29 is 9.59 Å². The fourth-order valence-electron chi connectivity index (χ4n) is 3.16. The highest BCUT2D eigenvalue weighted by atomic mass is 32.1. The van der Waals surface area contributed by atoms with Gasteiger partial charge in [-0.05, 0) is 55.3 Å². The van der Waals surface area contributed by atoms with Gasteiger partial charge in [-0.25, -0.2) is 4.98 Å². The highest BCUT2D eigenvalue weighted by Gasteiger charge is 2.16. The number of carbonyl (C=O) groups is 2. The van der Waals surface area contributed by atoms with Crippen LogP contribution in [0.15, 0.2) is 66.7 Å². The Hall–Kier alpha value is -3.51. The van der Waals surface area contributed by atoms with Crippen LogP contribution < -0.4 is 10.6 Å². The zero-order valence-corrected chi connectivity index (χ0v) is 16.8. The fourth-order valence-corrected chi connectivity index (χ4v) is 4.20. The maximum Gasteiger partial charge on any atom is 0.259 e. The summed E-state index contributed by atoms with van der Waals surface area (Å²) in [6.07, 6.45) is 0. The first-order valence-electron chi connectivity index (χ1n) is 9.16. The molecule has 0 radical (unpaired) electrons. The van der Waals surface area contributed by atoms with E-state index in [2.05, 4.69) is 27.8 Å². The largest absolute Gasteiger partial charge is 0.321 e. The van der Waals surface area contributed by atoms with Gasteiger partial charge >= 0.3 is 0 Å². The number of rotatable bonds is 4. The Kier molecular flexibility index (Phi) is 5.10. The lowest BCUT2D eigenvalue weighted by molar-refractivity contribution is 0.102. The smallest absolute Gasteiger partial charge is 0.259 e. The molecule has 6 heteroatoms. The molecule has 0 aliphatic rings. The van der Waals surface area contributed by atoms with Crippen molar-refractivity contribution in [3.63, 3.8) is 0 Å². The molecule has 0 unspecified atom stereocenters. The van der Waals surface area contributed by atoms with Crippen molar-refractivity contribution in [3.8, 4) is 0 Å². The molecule has 0 fully saturated rings. The highest BCUT2D eigenvalue weighted by molar-refractivity contribution is 7.22. The van der Waals surface area contributed by atoms with Gasteiger partial charge in [0, 0.05) is 5.56 Å². The Balaban J connectivity index is 1.58. The highest BCUT2D eigenvalue weighted by Crippen LogP contribution is 2.30. The zero-order valence-electron chi connectivity index (χ0n) is 16.0.